The van der Waals surface area contributed by atoms with Crippen molar-refractivity contribution in [1.82, 2.24) is 5.32 Å². The van der Waals surface area contributed by atoms with Crippen LogP contribution in [0.4, 0.5) is 0 Å². The first-order valence-electron chi connectivity index (χ1n) is 6.44. The fourth-order valence-corrected chi connectivity index (χ4v) is 3.95. The molecule has 0 aliphatic carbocycles. The Balaban J connectivity index is 2.35. The Bertz CT molecular complexity index is 572. The minimum Gasteiger partial charge on any atom is -0.319 e. The van der Waals surface area contributed by atoms with E-state index in [-0.39, 0.29) is 5.41 Å². The monoisotopic (exact) mass is 337 g/mol. The lowest BCUT2D eigenvalue weighted by Crippen LogP contribution is -2.30. The van der Waals surface area contributed by atoms with Crippen LogP contribution in [-0.4, -0.2) is 13.6 Å². The number of likely N-dealkylation sites (N-methyl/N-ethyl adjacent to an activating group) is 1. The maximum absolute atomic E-state index is 3.52. The van der Waals surface area contributed by atoms with Crippen LogP contribution in [-0.2, 0) is 5.41 Å². The van der Waals surface area contributed by atoms with Gasteiger partial charge in [0, 0.05) is 21.3 Å². The number of benzene rings is 1. The first-order valence-corrected chi connectivity index (χ1v) is 8.11. The Morgan fingerprint density at radius 3 is 2.63 bits per heavy atom. The van der Waals surface area contributed by atoms with Crippen LogP contribution >= 0.6 is 27.3 Å². The summed E-state index contributed by atoms with van der Waals surface area (Å²) in [6.45, 7) is 7.72. The van der Waals surface area contributed by atoms with Gasteiger partial charge in [-0.2, -0.15) is 0 Å². The van der Waals surface area contributed by atoms with Crippen LogP contribution in [0.15, 0.2) is 34.1 Å². The molecule has 3 heteroatoms. The van der Waals surface area contributed by atoms with E-state index in [1.54, 1.807) is 0 Å². The lowest BCUT2D eigenvalue weighted by molar-refractivity contribution is 0.496. The van der Waals surface area contributed by atoms with Gasteiger partial charge in [-0.25, -0.2) is 0 Å². The number of hydrogen-bond donors (Lipinski definition) is 1. The zero-order valence-electron chi connectivity index (χ0n) is 11.9. The van der Waals surface area contributed by atoms with Crippen molar-refractivity contribution in [3.05, 3.63) is 45.2 Å². The molecule has 0 spiro atoms. The summed E-state index contributed by atoms with van der Waals surface area (Å²) in [5, 5.41) is 5.56. The molecule has 1 nitrogen and oxygen atoms in total. The van der Waals surface area contributed by atoms with Gasteiger partial charge < -0.3 is 5.32 Å². The highest BCUT2D eigenvalue weighted by atomic mass is 79.9. The van der Waals surface area contributed by atoms with Crippen molar-refractivity contribution in [3.8, 4) is 10.4 Å². The number of aryl methyl sites for hydroxylation is 1. The lowest BCUT2D eigenvalue weighted by Gasteiger charge is -2.23. The average Bonchev–Trinajstić information content (AvgIpc) is 2.78. The SMILES string of the molecule is CNCC(C)(C)c1csc(-c2ccc(Br)cc2C)c1. The van der Waals surface area contributed by atoms with Gasteiger partial charge in [0.2, 0.25) is 0 Å². The summed E-state index contributed by atoms with van der Waals surface area (Å²) in [6, 6.07) is 8.81. The van der Waals surface area contributed by atoms with Crippen molar-refractivity contribution in [2.45, 2.75) is 26.2 Å². The minimum absolute atomic E-state index is 0.173. The summed E-state index contributed by atoms with van der Waals surface area (Å²) < 4.78 is 1.14. The molecule has 0 aliphatic rings. The van der Waals surface area contributed by atoms with Gasteiger partial charge in [0.15, 0.2) is 0 Å². The van der Waals surface area contributed by atoms with Gasteiger partial charge in [0.25, 0.3) is 0 Å². The summed E-state index contributed by atoms with van der Waals surface area (Å²) >= 11 is 5.35. The fourth-order valence-electron chi connectivity index (χ4n) is 2.28. The van der Waals surface area contributed by atoms with Crippen LogP contribution in [0.25, 0.3) is 10.4 Å². The summed E-state index contributed by atoms with van der Waals surface area (Å²) in [6.07, 6.45) is 0. The molecule has 0 saturated heterocycles. The Kier molecular flexibility index (Phi) is 4.49. The largest absolute Gasteiger partial charge is 0.319 e. The van der Waals surface area contributed by atoms with E-state index in [4.69, 9.17) is 0 Å². The van der Waals surface area contributed by atoms with Crippen LogP contribution in [0, 0.1) is 6.92 Å². The topological polar surface area (TPSA) is 12.0 Å². The predicted octanol–water partition coefficient (Wildman–Crippen LogP) is 4.98. The first-order chi connectivity index (χ1) is 8.94. The van der Waals surface area contributed by atoms with E-state index in [2.05, 4.69) is 71.7 Å². The zero-order valence-corrected chi connectivity index (χ0v) is 14.3. The van der Waals surface area contributed by atoms with E-state index < -0.39 is 0 Å². The summed E-state index contributed by atoms with van der Waals surface area (Å²) in [4.78, 5) is 1.35. The summed E-state index contributed by atoms with van der Waals surface area (Å²) in [5.74, 6) is 0. The molecule has 0 amide bonds. The number of nitrogens with one attached hydrogen (secondary N) is 1. The average molecular weight is 338 g/mol. The second-order valence-electron chi connectivity index (χ2n) is 5.57. The third kappa shape index (κ3) is 3.28. The van der Waals surface area contributed by atoms with Gasteiger partial charge in [-0.05, 0) is 54.2 Å². The highest BCUT2D eigenvalue weighted by Gasteiger charge is 2.21. The summed E-state index contributed by atoms with van der Waals surface area (Å²) in [7, 11) is 2.01. The fraction of sp³-hybridized carbons (Fsp3) is 0.375. The summed E-state index contributed by atoms with van der Waals surface area (Å²) in [5.41, 5.74) is 4.23. The molecule has 0 saturated carbocycles. The maximum Gasteiger partial charge on any atom is 0.0348 e. The van der Waals surface area contributed by atoms with Crippen molar-refractivity contribution in [2.24, 2.45) is 0 Å². The number of hydrogen-bond acceptors (Lipinski definition) is 2. The maximum atomic E-state index is 3.52. The van der Waals surface area contributed by atoms with Crippen molar-refractivity contribution >= 4 is 27.3 Å². The van der Waals surface area contributed by atoms with E-state index in [1.807, 2.05) is 18.4 Å². The lowest BCUT2D eigenvalue weighted by atomic mass is 9.86. The van der Waals surface area contributed by atoms with Crippen LogP contribution in [0.3, 0.4) is 0 Å². The van der Waals surface area contributed by atoms with E-state index >= 15 is 0 Å². The van der Waals surface area contributed by atoms with Crippen LogP contribution in [0.1, 0.15) is 25.0 Å². The normalized spacial score (nSPS) is 11.8. The van der Waals surface area contributed by atoms with E-state index in [0.29, 0.717) is 0 Å². The van der Waals surface area contributed by atoms with Gasteiger partial charge in [-0.15, -0.1) is 11.3 Å². The van der Waals surface area contributed by atoms with Gasteiger partial charge in [0.05, 0.1) is 0 Å². The van der Waals surface area contributed by atoms with Crippen LogP contribution in [0.5, 0.6) is 0 Å². The van der Waals surface area contributed by atoms with Gasteiger partial charge in [-0.1, -0.05) is 35.8 Å². The zero-order chi connectivity index (χ0) is 14.0. The predicted molar refractivity (Wildman–Crippen MR) is 89.1 cm³/mol. The highest BCUT2D eigenvalue weighted by molar-refractivity contribution is 9.10. The first kappa shape index (κ1) is 14.8. The minimum atomic E-state index is 0.173. The van der Waals surface area contributed by atoms with Crippen molar-refractivity contribution in [1.29, 1.82) is 0 Å². The Morgan fingerprint density at radius 2 is 2.00 bits per heavy atom. The van der Waals surface area contributed by atoms with Gasteiger partial charge in [-0.3, -0.25) is 0 Å². The number of rotatable bonds is 4. The molecule has 0 fully saturated rings. The molecule has 1 heterocycles. The third-order valence-electron chi connectivity index (χ3n) is 3.45. The molecule has 102 valence electrons. The number of thiophene rings is 1. The molecule has 1 N–H and O–H groups in total. The molecule has 1 aromatic heterocycles. The molecule has 0 radical (unpaired) electrons. The van der Waals surface area contributed by atoms with E-state index in [9.17, 15) is 0 Å². The second-order valence-corrected chi connectivity index (χ2v) is 7.40. The van der Waals surface area contributed by atoms with Crippen molar-refractivity contribution < 1.29 is 0 Å². The van der Waals surface area contributed by atoms with Crippen molar-refractivity contribution in [3.63, 3.8) is 0 Å². The van der Waals surface area contributed by atoms with Gasteiger partial charge >= 0.3 is 0 Å². The molecule has 0 unspecified atom stereocenters. The molecule has 0 bridgehead atoms. The molecule has 19 heavy (non-hydrogen) atoms. The highest BCUT2D eigenvalue weighted by Crippen LogP contribution is 2.35. The molecular weight excluding hydrogens is 318 g/mol. The molecular formula is C16H20BrNS. The third-order valence-corrected chi connectivity index (χ3v) is 4.91. The molecule has 0 atom stereocenters. The molecule has 1 aromatic carbocycles. The molecule has 0 aliphatic heterocycles. The van der Waals surface area contributed by atoms with Crippen LogP contribution in [0.2, 0.25) is 0 Å². The Hall–Kier alpha value is -0.640. The van der Waals surface area contributed by atoms with E-state index in [0.717, 1.165) is 11.0 Å². The second kappa shape index (κ2) is 5.78. The van der Waals surface area contributed by atoms with Crippen LogP contribution < -0.4 is 5.32 Å². The van der Waals surface area contributed by atoms with Gasteiger partial charge in [0.1, 0.15) is 0 Å². The molecule has 2 rings (SSSR count). The van der Waals surface area contributed by atoms with Crippen molar-refractivity contribution in [2.75, 3.05) is 13.6 Å². The van der Waals surface area contributed by atoms with E-state index in [1.165, 1.54) is 21.6 Å². The Labute approximate surface area is 128 Å². The molecule has 2 aromatic rings. The Morgan fingerprint density at radius 1 is 1.26 bits per heavy atom. The smallest absolute Gasteiger partial charge is 0.0348 e. The standard InChI is InChI=1S/C16H20BrNS/c1-11-7-13(17)5-6-14(11)15-8-12(9-19-15)16(2,3)10-18-4/h5-9,18H,10H2,1-4H3. The number of halogens is 1. The quantitative estimate of drug-likeness (QED) is 0.829.